The van der Waals surface area contributed by atoms with Crippen LogP contribution in [-0.2, 0) is 36.0 Å². The van der Waals surface area contributed by atoms with Gasteiger partial charge in [0, 0.05) is 25.1 Å². The van der Waals surface area contributed by atoms with E-state index in [-0.39, 0.29) is 4.90 Å². The molecule has 0 fully saturated rings. The van der Waals surface area contributed by atoms with Crippen molar-refractivity contribution in [2.24, 2.45) is 4.99 Å². The zero-order valence-electron chi connectivity index (χ0n) is 16.9. The van der Waals surface area contributed by atoms with Crippen LogP contribution in [0.3, 0.4) is 0 Å². The van der Waals surface area contributed by atoms with Crippen LogP contribution in [0, 0.1) is 0 Å². The predicted molar refractivity (Wildman–Crippen MR) is 110 cm³/mol. The highest BCUT2D eigenvalue weighted by Crippen LogP contribution is 2.15. The molecule has 0 saturated heterocycles. The van der Waals surface area contributed by atoms with E-state index in [0.717, 1.165) is 35.4 Å². The van der Waals surface area contributed by atoms with Gasteiger partial charge in [-0.25, -0.2) is 18.1 Å². The second-order valence-electron chi connectivity index (χ2n) is 6.14. The minimum atomic E-state index is -3.47. The van der Waals surface area contributed by atoms with Crippen molar-refractivity contribution in [2.45, 2.75) is 51.6 Å². The molecule has 3 N–H and O–H groups in total. The molecule has 8 nitrogen and oxygen atoms in total. The number of nitrogens with one attached hydrogen (secondary N) is 3. The molecule has 0 atom stereocenters. The summed E-state index contributed by atoms with van der Waals surface area (Å²) in [6, 6.07) is 6.76. The first-order chi connectivity index (χ1) is 13.4. The highest BCUT2D eigenvalue weighted by Gasteiger charge is 2.14. The number of aliphatic imine (C=N–C) groups is 1. The first kappa shape index (κ1) is 21.9. The van der Waals surface area contributed by atoms with Crippen molar-refractivity contribution in [1.29, 1.82) is 0 Å². The Hall–Kier alpha value is -2.39. The van der Waals surface area contributed by atoms with Crippen LogP contribution in [0.2, 0.25) is 0 Å². The van der Waals surface area contributed by atoms with Crippen LogP contribution in [-0.4, -0.2) is 33.1 Å². The predicted octanol–water partition coefficient (Wildman–Crippen LogP) is 1.96. The van der Waals surface area contributed by atoms with E-state index in [1.807, 2.05) is 26.8 Å². The highest BCUT2D eigenvalue weighted by molar-refractivity contribution is 7.89. The molecule has 1 heterocycles. The highest BCUT2D eigenvalue weighted by atomic mass is 32.2. The Kier molecular flexibility index (Phi) is 8.01. The Labute approximate surface area is 166 Å². The van der Waals surface area contributed by atoms with Gasteiger partial charge in [-0.1, -0.05) is 31.1 Å². The van der Waals surface area contributed by atoms with Gasteiger partial charge in [-0.05, 0) is 38.1 Å². The fraction of sp³-hybridized carbons (Fsp3) is 0.474. The Morgan fingerprint density at radius 2 is 1.96 bits per heavy atom. The Balaban J connectivity index is 2.13. The molecule has 0 aliphatic rings. The van der Waals surface area contributed by atoms with Gasteiger partial charge in [0.1, 0.15) is 5.76 Å². The summed E-state index contributed by atoms with van der Waals surface area (Å²) in [6.45, 7) is 7.71. The molecule has 0 aliphatic carbocycles. The van der Waals surface area contributed by atoms with Gasteiger partial charge in [-0.15, -0.1) is 0 Å². The van der Waals surface area contributed by atoms with E-state index < -0.39 is 10.0 Å². The summed E-state index contributed by atoms with van der Waals surface area (Å²) in [4.78, 5) is 4.80. The van der Waals surface area contributed by atoms with E-state index in [1.54, 1.807) is 18.2 Å². The van der Waals surface area contributed by atoms with Crippen molar-refractivity contribution in [3.8, 4) is 0 Å². The minimum absolute atomic E-state index is 0.227. The van der Waals surface area contributed by atoms with Crippen LogP contribution in [0.15, 0.2) is 38.7 Å². The number of benzene rings is 1. The molecule has 0 amide bonds. The Bertz CT molecular complexity index is 885. The lowest BCUT2D eigenvalue weighted by molar-refractivity contribution is 0.380. The number of hydrogen-bond donors (Lipinski definition) is 3. The number of sulfonamides is 1. The van der Waals surface area contributed by atoms with Crippen molar-refractivity contribution in [3.05, 3.63) is 46.8 Å². The normalized spacial score (nSPS) is 12.2. The second-order valence-corrected chi connectivity index (χ2v) is 8.03. The molecule has 154 valence electrons. The van der Waals surface area contributed by atoms with Crippen LogP contribution >= 0.6 is 0 Å². The third-order valence-electron chi connectivity index (χ3n) is 4.28. The van der Waals surface area contributed by atoms with E-state index in [4.69, 9.17) is 4.52 Å². The molecular weight excluding hydrogens is 378 g/mol. The van der Waals surface area contributed by atoms with E-state index in [9.17, 15) is 8.42 Å². The van der Waals surface area contributed by atoms with E-state index >= 15 is 0 Å². The van der Waals surface area contributed by atoms with Gasteiger partial charge in [0.15, 0.2) is 5.96 Å². The molecule has 28 heavy (non-hydrogen) atoms. The first-order valence-corrected chi connectivity index (χ1v) is 10.9. The molecule has 2 aromatic rings. The number of nitrogens with zero attached hydrogens (tertiary/aromatic N) is 2. The van der Waals surface area contributed by atoms with Crippen LogP contribution in [0.1, 0.15) is 43.4 Å². The third kappa shape index (κ3) is 5.56. The summed E-state index contributed by atoms with van der Waals surface area (Å²) in [5, 5.41) is 10.6. The maximum atomic E-state index is 12.0. The quantitative estimate of drug-likeness (QED) is 0.433. The molecule has 0 spiro atoms. The molecule has 0 saturated carbocycles. The van der Waals surface area contributed by atoms with Crippen molar-refractivity contribution in [3.63, 3.8) is 0 Å². The fourth-order valence-electron chi connectivity index (χ4n) is 2.75. The van der Waals surface area contributed by atoms with Crippen molar-refractivity contribution in [1.82, 2.24) is 20.5 Å². The Morgan fingerprint density at radius 3 is 2.61 bits per heavy atom. The molecule has 9 heteroatoms. The third-order valence-corrected chi connectivity index (χ3v) is 5.69. The standard InChI is InChI=1S/C19H29N5O3S/c1-5-17-16(18(6-2)27-24-17)13-23-19(21-7-3)22-12-14-9-8-10-15(11-14)28(25,26)20-4/h8-11,20H,5-7,12-13H2,1-4H3,(H2,21,22,23). The molecule has 1 aromatic carbocycles. The number of aryl methyl sites for hydroxylation is 2. The zero-order valence-corrected chi connectivity index (χ0v) is 17.7. The number of guanidine groups is 1. The average molecular weight is 408 g/mol. The lowest BCUT2D eigenvalue weighted by atomic mass is 10.1. The van der Waals surface area contributed by atoms with Gasteiger partial charge in [-0.3, -0.25) is 0 Å². The Morgan fingerprint density at radius 1 is 1.18 bits per heavy atom. The molecule has 0 bridgehead atoms. The monoisotopic (exact) mass is 407 g/mol. The second kappa shape index (κ2) is 10.2. The van der Waals surface area contributed by atoms with Gasteiger partial charge in [0.05, 0.1) is 17.1 Å². The largest absolute Gasteiger partial charge is 0.361 e. The smallest absolute Gasteiger partial charge is 0.240 e. The van der Waals surface area contributed by atoms with Crippen molar-refractivity contribution < 1.29 is 12.9 Å². The van der Waals surface area contributed by atoms with E-state index in [1.165, 1.54) is 7.05 Å². The van der Waals surface area contributed by atoms with Gasteiger partial charge < -0.3 is 15.2 Å². The number of aromatic nitrogens is 1. The molecule has 0 unspecified atom stereocenters. The maximum Gasteiger partial charge on any atom is 0.240 e. The lowest BCUT2D eigenvalue weighted by Gasteiger charge is -2.12. The minimum Gasteiger partial charge on any atom is -0.361 e. The summed E-state index contributed by atoms with van der Waals surface area (Å²) in [7, 11) is -2.08. The van der Waals surface area contributed by atoms with E-state index in [0.29, 0.717) is 25.6 Å². The molecular formula is C19H29N5O3S. The summed E-state index contributed by atoms with van der Waals surface area (Å²) in [5.41, 5.74) is 2.82. The summed E-state index contributed by atoms with van der Waals surface area (Å²) in [5.74, 6) is 1.53. The fourth-order valence-corrected chi connectivity index (χ4v) is 3.55. The van der Waals surface area contributed by atoms with Crippen LogP contribution in [0.4, 0.5) is 0 Å². The average Bonchev–Trinajstić information content (AvgIpc) is 3.12. The SMILES string of the molecule is CCNC(=NCc1cccc(S(=O)(=O)NC)c1)NCc1c(CC)noc1CC. The first-order valence-electron chi connectivity index (χ1n) is 9.46. The molecule has 1 aromatic heterocycles. The van der Waals surface area contributed by atoms with E-state index in [2.05, 4.69) is 25.5 Å². The summed E-state index contributed by atoms with van der Waals surface area (Å²) < 4.78 is 31.6. The number of hydrogen-bond acceptors (Lipinski definition) is 5. The number of rotatable bonds is 9. The molecule has 2 rings (SSSR count). The van der Waals surface area contributed by atoms with Gasteiger partial charge in [0.2, 0.25) is 10.0 Å². The van der Waals surface area contributed by atoms with Crippen LogP contribution in [0.5, 0.6) is 0 Å². The van der Waals surface area contributed by atoms with Gasteiger partial charge >= 0.3 is 0 Å². The molecule has 0 radical (unpaired) electrons. The summed E-state index contributed by atoms with van der Waals surface area (Å²) in [6.07, 6.45) is 1.59. The van der Waals surface area contributed by atoms with Gasteiger partial charge in [-0.2, -0.15) is 0 Å². The zero-order chi connectivity index (χ0) is 20.6. The van der Waals surface area contributed by atoms with Crippen molar-refractivity contribution >= 4 is 16.0 Å². The van der Waals surface area contributed by atoms with Crippen LogP contribution < -0.4 is 15.4 Å². The topological polar surface area (TPSA) is 109 Å². The summed E-state index contributed by atoms with van der Waals surface area (Å²) >= 11 is 0. The van der Waals surface area contributed by atoms with Gasteiger partial charge in [0.25, 0.3) is 0 Å². The molecule has 0 aliphatic heterocycles. The lowest BCUT2D eigenvalue weighted by Crippen LogP contribution is -2.37. The maximum absolute atomic E-state index is 12.0. The van der Waals surface area contributed by atoms with Crippen LogP contribution in [0.25, 0.3) is 0 Å². The van der Waals surface area contributed by atoms with Crippen molar-refractivity contribution in [2.75, 3.05) is 13.6 Å².